The number of benzene rings is 2. The summed E-state index contributed by atoms with van der Waals surface area (Å²) in [4.78, 5) is 26.9. The van der Waals surface area contributed by atoms with E-state index in [2.05, 4.69) is 10.4 Å². The fourth-order valence-electron chi connectivity index (χ4n) is 3.59. The van der Waals surface area contributed by atoms with Gasteiger partial charge < -0.3 is 10.2 Å². The van der Waals surface area contributed by atoms with Gasteiger partial charge in [-0.15, -0.1) is 0 Å². The lowest BCUT2D eigenvalue weighted by Crippen LogP contribution is -2.38. The average molecular weight is 388 g/mol. The van der Waals surface area contributed by atoms with Crippen LogP contribution in [0.4, 0.5) is 0 Å². The average Bonchev–Trinajstić information content (AvgIpc) is 3.43. The van der Waals surface area contributed by atoms with E-state index in [0.29, 0.717) is 25.2 Å². The summed E-state index contributed by atoms with van der Waals surface area (Å²) < 4.78 is 1.68. The quantitative estimate of drug-likeness (QED) is 0.706. The van der Waals surface area contributed by atoms with Crippen molar-refractivity contribution in [3.63, 3.8) is 0 Å². The van der Waals surface area contributed by atoms with E-state index in [-0.39, 0.29) is 17.9 Å². The third kappa shape index (κ3) is 4.71. The number of amides is 2. The lowest BCUT2D eigenvalue weighted by atomic mass is 10.1. The molecular weight excluding hydrogens is 364 g/mol. The normalized spacial score (nSPS) is 16.0. The van der Waals surface area contributed by atoms with E-state index in [1.807, 2.05) is 65.6 Å². The minimum absolute atomic E-state index is 0.0370. The molecule has 0 spiro atoms. The number of likely N-dealkylation sites (tertiary alicyclic amines) is 1. The standard InChI is InChI=1S/C23H24N4O2/c28-22(12-11-18-7-3-1-4-8-18)26-15-13-19(17-26)24-23(29)21-14-16-27(25-21)20-9-5-2-6-10-20/h1-10,14,16,19H,11-13,15,17H2,(H,24,29). The highest BCUT2D eigenvalue weighted by Crippen LogP contribution is 2.13. The zero-order valence-electron chi connectivity index (χ0n) is 16.2. The molecule has 3 aromatic rings. The second-order valence-electron chi connectivity index (χ2n) is 7.27. The highest BCUT2D eigenvalue weighted by Gasteiger charge is 2.27. The van der Waals surface area contributed by atoms with Crippen LogP contribution < -0.4 is 5.32 Å². The van der Waals surface area contributed by atoms with E-state index in [4.69, 9.17) is 0 Å². The van der Waals surface area contributed by atoms with E-state index in [1.165, 1.54) is 5.56 Å². The Hall–Kier alpha value is -3.41. The van der Waals surface area contributed by atoms with E-state index in [0.717, 1.165) is 18.5 Å². The number of hydrogen-bond acceptors (Lipinski definition) is 3. The molecule has 1 aliphatic rings. The highest BCUT2D eigenvalue weighted by atomic mass is 16.2. The molecule has 6 heteroatoms. The maximum Gasteiger partial charge on any atom is 0.272 e. The van der Waals surface area contributed by atoms with Crippen molar-refractivity contribution in [3.05, 3.63) is 84.2 Å². The van der Waals surface area contributed by atoms with Crippen molar-refractivity contribution in [3.8, 4) is 5.69 Å². The van der Waals surface area contributed by atoms with Gasteiger partial charge in [0.1, 0.15) is 0 Å². The maximum absolute atomic E-state index is 12.5. The number of para-hydroxylation sites is 1. The lowest BCUT2D eigenvalue weighted by Gasteiger charge is -2.17. The minimum atomic E-state index is -0.205. The number of rotatable bonds is 6. The van der Waals surface area contributed by atoms with Crippen LogP contribution in [0.25, 0.3) is 5.69 Å². The Morgan fingerprint density at radius 1 is 1.00 bits per heavy atom. The molecule has 2 aromatic carbocycles. The van der Waals surface area contributed by atoms with E-state index < -0.39 is 0 Å². The van der Waals surface area contributed by atoms with E-state index in [9.17, 15) is 9.59 Å². The van der Waals surface area contributed by atoms with Crippen molar-refractivity contribution in [1.82, 2.24) is 20.0 Å². The molecule has 2 amide bonds. The molecular formula is C23H24N4O2. The summed E-state index contributed by atoms with van der Waals surface area (Å²) in [6.07, 6.45) is 3.77. The highest BCUT2D eigenvalue weighted by molar-refractivity contribution is 5.92. The lowest BCUT2D eigenvalue weighted by molar-refractivity contribution is -0.130. The summed E-state index contributed by atoms with van der Waals surface area (Å²) in [6, 6.07) is 21.4. The van der Waals surface area contributed by atoms with Gasteiger partial charge in [0.05, 0.1) is 5.69 Å². The Balaban J connectivity index is 1.28. The van der Waals surface area contributed by atoms with Crippen molar-refractivity contribution in [1.29, 1.82) is 0 Å². The van der Waals surface area contributed by atoms with Gasteiger partial charge in [0.25, 0.3) is 5.91 Å². The van der Waals surface area contributed by atoms with Crippen molar-refractivity contribution in [2.24, 2.45) is 0 Å². The van der Waals surface area contributed by atoms with Crippen LogP contribution in [-0.2, 0) is 11.2 Å². The summed E-state index contributed by atoms with van der Waals surface area (Å²) in [7, 11) is 0. The van der Waals surface area contributed by atoms with Gasteiger partial charge in [-0.05, 0) is 36.6 Å². The monoisotopic (exact) mass is 388 g/mol. The molecule has 0 aliphatic carbocycles. The fraction of sp³-hybridized carbons (Fsp3) is 0.261. The predicted octanol–water partition coefficient (Wildman–Crippen LogP) is 2.84. The molecule has 1 aromatic heterocycles. The Morgan fingerprint density at radius 3 is 2.48 bits per heavy atom. The fourth-order valence-corrected chi connectivity index (χ4v) is 3.59. The topological polar surface area (TPSA) is 67.2 Å². The van der Waals surface area contributed by atoms with Gasteiger partial charge in [-0.25, -0.2) is 4.68 Å². The van der Waals surface area contributed by atoms with Crippen molar-refractivity contribution < 1.29 is 9.59 Å². The molecule has 1 atom stereocenters. The second-order valence-corrected chi connectivity index (χ2v) is 7.27. The van der Waals surface area contributed by atoms with Crippen molar-refractivity contribution >= 4 is 11.8 Å². The Bertz CT molecular complexity index is 969. The van der Waals surface area contributed by atoms with E-state index in [1.54, 1.807) is 16.9 Å². The number of nitrogens with zero attached hydrogens (tertiary/aromatic N) is 3. The molecule has 148 valence electrons. The van der Waals surface area contributed by atoms with Crippen LogP contribution in [0, 0.1) is 0 Å². The Labute approximate surface area is 170 Å². The van der Waals surface area contributed by atoms with Crippen LogP contribution in [0.2, 0.25) is 0 Å². The molecule has 1 N–H and O–H groups in total. The largest absolute Gasteiger partial charge is 0.346 e. The van der Waals surface area contributed by atoms with Gasteiger partial charge in [-0.3, -0.25) is 9.59 Å². The molecule has 1 saturated heterocycles. The SMILES string of the molecule is O=C(NC1CCN(C(=O)CCc2ccccc2)C1)c1ccn(-c2ccccc2)n1. The molecule has 0 bridgehead atoms. The third-order valence-corrected chi connectivity index (χ3v) is 5.19. The first kappa shape index (κ1) is 18.9. The first-order chi connectivity index (χ1) is 14.2. The van der Waals surface area contributed by atoms with Gasteiger partial charge in [0.15, 0.2) is 5.69 Å². The second kappa shape index (κ2) is 8.73. The molecule has 1 aliphatic heterocycles. The summed E-state index contributed by atoms with van der Waals surface area (Å²) in [5.74, 6) is -0.0674. The molecule has 1 fully saturated rings. The Kier molecular flexibility index (Phi) is 5.70. The molecule has 0 radical (unpaired) electrons. The van der Waals surface area contributed by atoms with Gasteiger partial charge >= 0.3 is 0 Å². The molecule has 1 unspecified atom stereocenters. The number of hydrogen-bond donors (Lipinski definition) is 1. The molecule has 2 heterocycles. The predicted molar refractivity (Wildman–Crippen MR) is 111 cm³/mol. The van der Waals surface area contributed by atoms with E-state index >= 15 is 0 Å². The number of carbonyl (C=O) groups excluding carboxylic acids is 2. The summed E-state index contributed by atoms with van der Waals surface area (Å²) in [6.45, 7) is 1.23. The molecule has 29 heavy (non-hydrogen) atoms. The summed E-state index contributed by atoms with van der Waals surface area (Å²) in [5, 5.41) is 7.37. The third-order valence-electron chi connectivity index (χ3n) is 5.19. The maximum atomic E-state index is 12.5. The molecule has 4 rings (SSSR count). The number of aryl methyl sites for hydroxylation is 1. The van der Waals surface area contributed by atoms with Crippen molar-refractivity contribution in [2.75, 3.05) is 13.1 Å². The van der Waals surface area contributed by atoms with Gasteiger partial charge in [-0.1, -0.05) is 48.5 Å². The van der Waals surface area contributed by atoms with Gasteiger partial charge in [-0.2, -0.15) is 5.10 Å². The minimum Gasteiger partial charge on any atom is -0.346 e. The van der Waals surface area contributed by atoms with Crippen LogP contribution in [-0.4, -0.2) is 45.6 Å². The van der Waals surface area contributed by atoms with Crippen LogP contribution in [0.5, 0.6) is 0 Å². The van der Waals surface area contributed by atoms with Crippen LogP contribution in [0.3, 0.4) is 0 Å². The number of aromatic nitrogens is 2. The zero-order valence-corrected chi connectivity index (χ0v) is 16.2. The molecule has 0 saturated carbocycles. The van der Waals surface area contributed by atoms with Crippen molar-refractivity contribution in [2.45, 2.75) is 25.3 Å². The van der Waals surface area contributed by atoms with Gasteiger partial charge in [0.2, 0.25) is 5.91 Å². The van der Waals surface area contributed by atoms with Crippen LogP contribution in [0.1, 0.15) is 28.9 Å². The smallest absolute Gasteiger partial charge is 0.272 e. The van der Waals surface area contributed by atoms with Crippen LogP contribution >= 0.6 is 0 Å². The number of carbonyl (C=O) groups is 2. The Morgan fingerprint density at radius 2 is 1.72 bits per heavy atom. The summed E-state index contributed by atoms with van der Waals surface area (Å²) in [5.41, 5.74) is 2.45. The molecule has 6 nitrogen and oxygen atoms in total. The van der Waals surface area contributed by atoms with Gasteiger partial charge in [0, 0.05) is 31.7 Å². The zero-order chi connectivity index (χ0) is 20.1. The summed E-state index contributed by atoms with van der Waals surface area (Å²) >= 11 is 0. The first-order valence-electron chi connectivity index (χ1n) is 9.93. The van der Waals surface area contributed by atoms with Crippen LogP contribution in [0.15, 0.2) is 72.9 Å². The number of nitrogens with one attached hydrogen (secondary N) is 1. The first-order valence-corrected chi connectivity index (χ1v) is 9.93.